The van der Waals surface area contributed by atoms with Gasteiger partial charge >= 0.3 is 0 Å². The number of hydrogen-bond acceptors (Lipinski definition) is 1. The van der Waals surface area contributed by atoms with Crippen LogP contribution in [0.5, 0.6) is 0 Å². The first-order valence-electron chi connectivity index (χ1n) is 7.29. The van der Waals surface area contributed by atoms with Gasteiger partial charge in [-0.2, -0.15) is 0 Å². The SMILES string of the molecule is Cc1ccccc1C1CCCN1C(=O)c1ccccc1Br. The predicted octanol–water partition coefficient (Wildman–Crippen LogP) is 4.73. The number of halogens is 1. The molecule has 0 saturated carbocycles. The quantitative estimate of drug-likeness (QED) is 0.771. The lowest BCUT2D eigenvalue weighted by Gasteiger charge is -2.26. The third-order valence-electron chi connectivity index (χ3n) is 4.17. The number of benzene rings is 2. The Bertz CT molecular complexity index is 668. The van der Waals surface area contributed by atoms with Gasteiger partial charge in [0.05, 0.1) is 11.6 Å². The molecule has 1 unspecified atom stereocenters. The van der Waals surface area contributed by atoms with E-state index in [9.17, 15) is 4.79 Å². The van der Waals surface area contributed by atoms with Crippen LogP contribution in [0.1, 0.15) is 40.4 Å². The summed E-state index contributed by atoms with van der Waals surface area (Å²) < 4.78 is 0.866. The summed E-state index contributed by atoms with van der Waals surface area (Å²) in [6.45, 7) is 2.95. The number of carbonyl (C=O) groups is 1. The van der Waals surface area contributed by atoms with Gasteiger partial charge in [0, 0.05) is 11.0 Å². The fourth-order valence-corrected chi connectivity index (χ4v) is 3.54. The second-order valence-electron chi connectivity index (χ2n) is 5.49. The molecule has 1 heterocycles. The van der Waals surface area contributed by atoms with E-state index in [0.29, 0.717) is 0 Å². The average molecular weight is 344 g/mol. The number of amides is 1. The van der Waals surface area contributed by atoms with Crippen molar-refractivity contribution in [3.05, 3.63) is 69.7 Å². The molecule has 0 bridgehead atoms. The first-order chi connectivity index (χ1) is 10.2. The smallest absolute Gasteiger partial charge is 0.255 e. The van der Waals surface area contributed by atoms with Gasteiger partial charge in [0.25, 0.3) is 5.91 Å². The summed E-state index contributed by atoms with van der Waals surface area (Å²) in [5, 5.41) is 0. The van der Waals surface area contributed by atoms with Gasteiger partial charge < -0.3 is 4.90 Å². The van der Waals surface area contributed by atoms with E-state index in [1.54, 1.807) is 0 Å². The molecule has 2 aromatic carbocycles. The molecule has 3 rings (SSSR count). The average Bonchev–Trinajstić information content (AvgIpc) is 2.97. The lowest BCUT2D eigenvalue weighted by atomic mass is 9.99. The lowest BCUT2D eigenvalue weighted by Crippen LogP contribution is -2.31. The van der Waals surface area contributed by atoms with Crippen LogP contribution in [0.2, 0.25) is 0 Å². The summed E-state index contributed by atoms with van der Waals surface area (Å²) in [4.78, 5) is 14.9. The van der Waals surface area contributed by atoms with Crippen LogP contribution in [0.4, 0.5) is 0 Å². The zero-order valence-corrected chi connectivity index (χ0v) is 13.6. The predicted molar refractivity (Wildman–Crippen MR) is 88.3 cm³/mol. The molecule has 0 aliphatic carbocycles. The van der Waals surface area contributed by atoms with Gasteiger partial charge in [0.15, 0.2) is 0 Å². The highest BCUT2D eigenvalue weighted by molar-refractivity contribution is 9.10. The molecule has 1 saturated heterocycles. The number of aryl methyl sites for hydroxylation is 1. The van der Waals surface area contributed by atoms with Gasteiger partial charge in [-0.25, -0.2) is 0 Å². The Kier molecular flexibility index (Phi) is 4.11. The summed E-state index contributed by atoms with van der Waals surface area (Å²) >= 11 is 3.49. The molecule has 1 aliphatic heterocycles. The van der Waals surface area contributed by atoms with Crippen molar-refractivity contribution < 1.29 is 4.79 Å². The molecule has 1 fully saturated rings. The largest absolute Gasteiger partial charge is 0.332 e. The zero-order valence-electron chi connectivity index (χ0n) is 12.1. The third-order valence-corrected chi connectivity index (χ3v) is 4.86. The molecule has 0 radical (unpaired) electrons. The fraction of sp³-hybridized carbons (Fsp3) is 0.278. The van der Waals surface area contributed by atoms with Crippen molar-refractivity contribution in [3.63, 3.8) is 0 Å². The van der Waals surface area contributed by atoms with Gasteiger partial charge in [0.1, 0.15) is 0 Å². The summed E-state index contributed by atoms with van der Waals surface area (Å²) in [6.07, 6.45) is 2.11. The Hall–Kier alpha value is -1.61. The van der Waals surface area contributed by atoms with E-state index in [-0.39, 0.29) is 11.9 Å². The van der Waals surface area contributed by atoms with Crippen LogP contribution >= 0.6 is 15.9 Å². The van der Waals surface area contributed by atoms with Crippen molar-refractivity contribution in [2.75, 3.05) is 6.54 Å². The van der Waals surface area contributed by atoms with Gasteiger partial charge in [-0.05, 0) is 59.0 Å². The van der Waals surface area contributed by atoms with Crippen LogP contribution in [-0.4, -0.2) is 17.4 Å². The van der Waals surface area contributed by atoms with Crippen molar-refractivity contribution >= 4 is 21.8 Å². The lowest BCUT2D eigenvalue weighted by molar-refractivity contribution is 0.0734. The summed E-state index contributed by atoms with van der Waals surface area (Å²) in [5.74, 6) is 0.119. The second-order valence-corrected chi connectivity index (χ2v) is 6.35. The topological polar surface area (TPSA) is 20.3 Å². The first-order valence-corrected chi connectivity index (χ1v) is 8.09. The number of nitrogens with zero attached hydrogens (tertiary/aromatic N) is 1. The van der Waals surface area contributed by atoms with Crippen LogP contribution in [0.15, 0.2) is 53.0 Å². The number of hydrogen-bond donors (Lipinski definition) is 0. The van der Waals surface area contributed by atoms with Gasteiger partial charge in [-0.3, -0.25) is 4.79 Å². The molecular weight excluding hydrogens is 326 g/mol. The molecule has 1 atom stereocenters. The minimum atomic E-state index is 0.119. The Balaban J connectivity index is 1.93. The van der Waals surface area contributed by atoms with Crippen molar-refractivity contribution in [1.82, 2.24) is 4.90 Å². The first kappa shape index (κ1) is 14.3. The Labute approximate surface area is 133 Å². The molecule has 1 aliphatic rings. The monoisotopic (exact) mass is 343 g/mol. The van der Waals surface area contributed by atoms with Crippen molar-refractivity contribution in [3.8, 4) is 0 Å². The maximum atomic E-state index is 12.9. The molecule has 108 valence electrons. The van der Waals surface area contributed by atoms with Crippen molar-refractivity contribution in [2.24, 2.45) is 0 Å². The van der Waals surface area contributed by atoms with Gasteiger partial charge in [0.2, 0.25) is 0 Å². The summed E-state index contributed by atoms with van der Waals surface area (Å²) in [7, 11) is 0. The number of carbonyl (C=O) groups excluding carboxylic acids is 1. The molecule has 2 nitrogen and oxygen atoms in total. The molecule has 0 aromatic heterocycles. The Morgan fingerprint density at radius 3 is 2.62 bits per heavy atom. The summed E-state index contributed by atoms with van der Waals surface area (Å²) in [5.41, 5.74) is 3.28. The van der Waals surface area contributed by atoms with E-state index in [1.807, 2.05) is 35.2 Å². The maximum absolute atomic E-state index is 12.9. The van der Waals surface area contributed by atoms with Crippen LogP contribution < -0.4 is 0 Å². The maximum Gasteiger partial charge on any atom is 0.255 e. The zero-order chi connectivity index (χ0) is 14.8. The summed E-state index contributed by atoms with van der Waals surface area (Å²) in [6, 6.07) is 16.2. The van der Waals surface area contributed by atoms with E-state index in [0.717, 1.165) is 29.4 Å². The van der Waals surface area contributed by atoms with E-state index in [4.69, 9.17) is 0 Å². The molecule has 0 spiro atoms. The highest BCUT2D eigenvalue weighted by atomic mass is 79.9. The second kappa shape index (κ2) is 6.02. The highest BCUT2D eigenvalue weighted by Crippen LogP contribution is 2.35. The molecule has 1 amide bonds. The number of rotatable bonds is 2. The van der Waals surface area contributed by atoms with Crippen LogP contribution in [0.3, 0.4) is 0 Å². The molecule has 21 heavy (non-hydrogen) atoms. The van der Waals surface area contributed by atoms with Gasteiger partial charge in [-0.1, -0.05) is 36.4 Å². The molecular formula is C18H18BrNO. The van der Waals surface area contributed by atoms with E-state index >= 15 is 0 Å². The molecule has 0 N–H and O–H groups in total. The van der Waals surface area contributed by atoms with E-state index in [1.165, 1.54) is 11.1 Å². The standard InChI is InChI=1S/C18H18BrNO/c1-13-7-2-3-8-14(13)17-11-6-12-20(17)18(21)15-9-4-5-10-16(15)19/h2-5,7-10,17H,6,11-12H2,1H3. The Morgan fingerprint density at radius 1 is 1.14 bits per heavy atom. The third kappa shape index (κ3) is 2.75. The van der Waals surface area contributed by atoms with Crippen LogP contribution in [0, 0.1) is 6.92 Å². The van der Waals surface area contributed by atoms with Crippen molar-refractivity contribution in [2.45, 2.75) is 25.8 Å². The van der Waals surface area contributed by atoms with E-state index < -0.39 is 0 Å². The Morgan fingerprint density at radius 2 is 1.86 bits per heavy atom. The van der Waals surface area contributed by atoms with Crippen molar-refractivity contribution in [1.29, 1.82) is 0 Å². The van der Waals surface area contributed by atoms with Crippen LogP contribution in [-0.2, 0) is 0 Å². The normalized spacial score (nSPS) is 18.0. The fourth-order valence-electron chi connectivity index (χ4n) is 3.08. The van der Waals surface area contributed by atoms with E-state index in [2.05, 4.69) is 41.1 Å². The molecule has 2 aromatic rings. The molecule has 3 heteroatoms. The van der Waals surface area contributed by atoms with Gasteiger partial charge in [-0.15, -0.1) is 0 Å². The minimum absolute atomic E-state index is 0.119. The minimum Gasteiger partial charge on any atom is -0.332 e. The highest BCUT2D eigenvalue weighted by Gasteiger charge is 2.31. The number of likely N-dealkylation sites (tertiary alicyclic amines) is 1. The van der Waals surface area contributed by atoms with Crippen LogP contribution in [0.25, 0.3) is 0 Å².